The van der Waals surface area contributed by atoms with Gasteiger partial charge in [0.05, 0.1) is 20.3 Å². The monoisotopic (exact) mass is 540 g/mol. The molecule has 3 aliphatic rings. The molecule has 1 aromatic rings. The van der Waals surface area contributed by atoms with E-state index in [4.69, 9.17) is 13.9 Å². The van der Waals surface area contributed by atoms with Gasteiger partial charge in [-0.15, -0.1) is 0 Å². The van der Waals surface area contributed by atoms with E-state index in [0.29, 0.717) is 43.3 Å². The van der Waals surface area contributed by atoms with Crippen LogP contribution in [0.2, 0.25) is 18.1 Å². The predicted octanol–water partition coefficient (Wildman–Crippen LogP) is 7.48. The SMILES string of the molecule is COc1ccc(COC[C@@H](C)C#C[C@]2(O)C[C@H]3C=C[C@@]2(C)C[C@@H]3[C@H](CO[Si](C)(C)C(C)(C)C)C(C)C)cc1. The third-order valence-electron chi connectivity index (χ3n) is 9.57. The van der Waals surface area contributed by atoms with Crippen LogP contribution < -0.4 is 4.74 Å². The molecule has 5 heteroatoms. The fourth-order valence-corrected chi connectivity index (χ4v) is 6.68. The molecule has 4 nitrogen and oxygen atoms in total. The smallest absolute Gasteiger partial charge is 0.191 e. The number of ether oxygens (including phenoxy) is 2. The van der Waals surface area contributed by atoms with Crippen molar-refractivity contribution in [1.29, 1.82) is 0 Å². The zero-order valence-corrected chi connectivity index (χ0v) is 26.6. The molecule has 6 atom stereocenters. The molecule has 0 heterocycles. The van der Waals surface area contributed by atoms with Gasteiger partial charge in [-0.2, -0.15) is 0 Å². The number of rotatable bonds is 10. The first-order valence-electron chi connectivity index (χ1n) is 14.4. The summed E-state index contributed by atoms with van der Waals surface area (Å²) in [4.78, 5) is 0. The van der Waals surface area contributed by atoms with Crippen LogP contribution in [0.3, 0.4) is 0 Å². The van der Waals surface area contributed by atoms with Gasteiger partial charge in [0, 0.05) is 17.9 Å². The first kappa shape index (κ1) is 31.0. The van der Waals surface area contributed by atoms with Gasteiger partial charge in [0.15, 0.2) is 8.32 Å². The second-order valence-electron chi connectivity index (χ2n) is 13.9. The Bertz CT molecular complexity index is 1010. The molecule has 1 saturated carbocycles. The van der Waals surface area contributed by atoms with Gasteiger partial charge in [-0.1, -0.05) is 77.7 Å². The molecule has 38 heavy (non-hydrogen) atoms. The third kappa shape index (κ3) is 6.94. The lowest BCUT2D eigenvalue weighted by Gasteiger charge is -2.55. The summed E-state index contributed by atoms with van der Waals surface area (Å²) in [5, 5.41) is 12.0. The Morgan fingerprint density at radius 2 is 1.74 bits per heavy atom. The van der Waals surface area contributed by atoms with E-state index < -0.39 is 13.9 Å². The van der Waals surface area contributed by atoms with Crippen LogP contribution in [0.25, 0.3) is 0 Å². The maximum Gasteiger partial charge on any atom is 0.191 e. The summed E-state index contributed by atoms with van der Waals surface area (Å²) in [7, 11) is -0.147. The molecule has 1 N–H and O–H groups in total. The van der Waals surface area contributed by atoms with E-state index in [-0.39, 0.29) is 16.4 Å². The van der Waals surface area contributed by atoms with Crippen molar-refractivity contribution in [3.63, 3.8) is 0 Å². The minimum absolute atomic E-state index is 0.0440. The highest BCUT2D eigenvalue weighted by molar-refractivity contribution is 6.74. The number of hydrogen-bond acceptors (Lipinski definition) is 4. The zero-order chi connectivity index (χ0) is 28.4. The zero-order valence-electron chi connectivity index (χ0n) is 25.6. The van der Waals surface area contributed by atoms with Crippen LogP contribution in [0, 0.1) is 46.8 Å². The van der Waals surface area contributed by atoms with E-state index in [0.717, 1.165) is 24.3 Å². The lowest BCUT2D eigenvalue weighted by molar-refractivity contribution is -0.0930. The van der Waals surface area contributed by atoms with Crippen molar-refractivity contribution < 1.29 is 19.0 Å². The van der Waals surface area contributed by atoms with Gasteiger partial charge in [-0.05, 0) is 79.3 Å². The van der Waals surface area contributed by atoms with Crippen LogP contribution in [0.5, 0.6) is 5.75 Å². The number of benzene rings is 1. The molecule has 0 unspecified atom stereocenters. The predicted molar refractivity (Wildman–Crippen MR) is 159 cm³/mol. The Labute approximate surface area is 233 Å². The largest absolute Gasteiger partial charge is 0.497 e. The summed E-state index contributed by atoms with van der Waals surface area (Å²) in [6, 6.07) is 7.92. The maximum atomic E-state index is 11.8. The summed E-state index contributed by atoms with van der Waals surface area (Å²) < 4.78 is 17.9. The Hall–Kier alpha value is -1.58. The minimum Gasteiger partial charge on any atom is -0.497 e. The molecule has 0 amide bonds. The van der Waals surface area contributed by atoms with Gasteiger partial charge in [-0.25, -0.2) is 0 Å². The molecule has 3 aliphatic carbocycles. The highest BCUT2D eigenvalue weighted by Crippen LogP contribution is 2.57. The van der Waals surface area contributed by atoms with Crippen LogP contribution in [-0.2, 0) is 15.8 Å². The Morgan fingerprint density at radius 1 is 1.08 bits per heavy atom. The maximum absolute atomic E-state index is 11.8. The van der Waals surface area contributed by atoms with Gasteiger partial charge in [0.2, 0.25) is 0 Å². The lowest BCUT2D eigenvalue weighted by Crippen LogP contribution is -2.56. The average molecular weight is 541 g/mol. The van der Waals surface area contributed by atoms with E-state index in [9.17, 15) is 5.11 Å². The highest BCUT2D eigenvalue weighted by atomic mass is 28.4. The first-order chi connectivity index (χ1) is 17.6. The second-order valence-corrected chi connectivity index (χ2v) is 18.7. The van der Waals surface area contributed by atoms with Crippen LogP contribution in [0.4, 0.5) is 0 Å². The van der Waals surface area contributed by atoms with E-state index in [2.05, 4.69) is 85.6 Å². The molecule has 0 saturated heterocycles. The summed E-state index contributed by atoms with van der Waals surface area (Å²) in [5.74, 6) is 9.39. The summed E-state index contributed by atoms with van der Waals surface area (Å²) in [6.07, 6.45) is 6.24. The van der Waals surface area contributed by atoms with Crippen LogP contribution in [-0.4, -0.2) is 39.3 Å². The fraction of sp³-hybridized carbons (Fsp3) is 0.697. The van der Waals surface area contributed by atoms with Crippen LogP contribution >= 0.6 is 0 Å². The molecule has 0 aromatic heterocycles. The van der Waals surface area contributed by atoms with E-state index in [1.807, 2.05) is 24.3 Å². The lowest BCUT2D eigenvalue weighted by atomic mass is 9.51. The Kier molecular flexibility index (Phi) is 9.68. The van der Waals surface area contributed by atoms with Gasteiger partial charge in [-0.3, -0.25) is 0 Å². The topological polar surface area (TPSA) is 47.9 Å². The Morgan fingerprint density at radius 3 is 2.29 bits per heavy atom. The average Bonchev–Trinajstić information content (AvgIpc) is 2.83. The van der Waals surface area contributed by atoms with Gasteiger partial charge in [0.1, 0.15) is 11.4 Å². The molecule has 4 rings (SSSR count). The molecule has 0 radical (unpaired) electrons. The molecule has 1 fully saturated rings. The van der Waals surface area contributed by atoms with Crippen molar-refractivity contribution >= 4 is 8.32 Å². The fourth-order valence-electron chi connectivity index (χ4n) is 5.64. The Balaban J connectivity index is 1.63. The number of fused-ring (bicyclic) bond motifs is 2. The summed E-state index contributed by atoms with van der Waals surface area (Å²) >= 11 is 0. The van der Waals surface area contributed by atoms with Gasteiger partial charge >= 0.3 is 0 Å². The molecule has 212 valence electrons. The highest BCUT2D eigenvalue weighted by Gasteiger charge is 2.56. The van der Waals surface area contributed by atoms with Gasteiger partial charge < -0.3 is 19.0 Å². The van der Waals surface area contributed by atoms with Gasteiger partial charge in [0.25, 0.3) is 0 Å². The van der Waals surface area contributed by atoms with E-state index in [1.165, 1.54) is 0 Å². The molecular weight excluding hydrogens is 488 g/mol. The first-order valence-corrected chi connectivity index (χ1v) is 17.3. The van der Waals surface area contributed by atoms with Crippen molar-refractivity contribution in [2.24, 2.45) is 35.0 Å². The molecule has 2 bridgehead atoms. The van der Waals surface area contributed by atoms with Crippen molar-refractivity contribution in [3.8, 4) is 17.6 Å². The number of methoxy groups -OCH3 is 1. The second kappa shape index (κ2) is 11.9. The standard InChI is InChI=1S/C33H52O4Si/c1-24(2)30(23-37-38(9,10)31(4,5)6)29-20-32(7)17-16-27(29)19-33(32,34)18-15-25(3)21-36-22-26-11-13-28(35-8)14-12-26/h11-14,16-17,24-25,27,29-30,34H,19-23H2,1-10H3/t25-,27+,29-,30+,32-,33-/m0/s1. The van der Waals surface area contributed by atoms with E-state index >= 15 is 0 Å². The van der Waals surface area contributed by atoms with E-state index in [1.54, 1.807) is 7.11 Å². The quantitative estimate of drug-likeness (QED) is 0.190. The normalized spacial score (nSPS) is 28.6. The molecular formula is C33H52O4Si. The van der Waals surface area contributed by atoms with Crippen LogP contribution in [0.15, 0.2) is 36.4 Å². The van der Waals surface area contributed by atoms with Crippen molar-refractivity contribution in [2.75, 3.05) is 20.3 Å². The molecule has 0 aliphatic heterocycles. The summed E-state index contributed by atoms with van der Waals surface area (Å²) in [5.41, 5.74) is -0.252. The minimum atomic E-state index is -1.81. The number of allylic oxidation sites excluding steroid dienone is 1. The molecule has 0 spiro atoms. The third-order valence-corrected chi connectivity index (χ3v) is 14.1. The molecule has 1 aromatic carbocycles. The van der Waals surface area contributed by atoms with Crippen molar-refractivity contribution in [1.82, 2.24) is 0 Å². The summed E-state index contributed by atoms with van der Waals surface area (Å²) in [6.45, 7) is 22.4. The van der Waals surface area contributed by atoms with Crippen molar-refractivity contribution in [3.05, 3.63) is 42.0 Å². The van der Waals surface area contributed by atoms with Crippen LogP contribution in [0.1, 0.15) is 66.9 Å². The van der Waals surface area contributed by atoms with Crippen molar-refractivity contribution in [2.45, 2.75) is 91.6 Å². The number of hydrogen-bond donors (Lipinski definition) is 1. The number of aliphatic hydroxyl groups is 1.